The SMILES string of the molecule is Cc1ccc(C(=O)NC(C#N)c2ccc(F)cc2F)cc1NC(=O)c1ccccc1F. The van der Waals surface area contributed by atoms with Crippen molar-refractivity contribution in [2.45, 2.75) is 13.0 Å². The second kappa shape index (κ2) is 9.13. The Morgan fingerprint density at radius 2 is 1.68 bits per heavy atom. The molecule has 3 aromatic carbocycles. The van der Waals surface area contributed by atoms with Crippen molar-refractivity contribution in [3.63, 3.8) is 0 Å². The van der Waals surface area contributed by atoms with Gasteiger partial charge in [-0.1, -0.05) is 24.3 Å². The lowest BCUT2D eigenvalue weighted by Gasteiger charge is -2.15. The fraction of sp³-hybridized carbons (Fsp3) is 0.0870. The summed E-state index contributed by atoms with van der Waals surface area (Å²) >= 11 is 0. The predicted molar refractivity (Wildman–Crippen MR) is 108 cm³/mol. The lowest BCUT2D eigenvalue weighted by molar-refractivity contribution is 0.0943. The first-order chi connectivity index (χ1) is 14.8. The molecule has 0 saturated heterocycles. The van der Waals surface area contributed by atoms with E-state index < -0.39 is 35.3 Å². The first kappa shape index (κ1) is 21.6. The Labute approximate surface area is 176 Å². The van der Waals surface area contributed by atoms with Crippen LogP contribution >= 0.6 is 0 Å². The number of rotatable bonds is 5. The van der Waals surface area contributed by atoms with Crippen LogP contribution in [0.15, 0.2) is 60.7 Å². The van der Waals surface area contributed by atoms with Gasteiger partial charge in [-0.3, -0.25) is 9.59 Å². The van der Waals surface area contributed by atoms with E-state index in [1.54, 1.807) is 19.1 Å². The quantitative estimate of drug-likeness (QED) is 0.626. The molecular weight excluding hydrogens is 407 g/mol. The van der Waals surface area contributed by atoms with Crippen molar-refractivity contribution >= 4 is 17.5 Å². The molecule has 0 saturated carbocycles. The van der Waals surface area contributed by atoms with E-state index in [2.05, 4.69) is 10.6 Å². The van der Waals surface area contributed by atoms with Gasteiger partial charge in [0, 0.05) is 22.9 Å². The van der Waals surface area contributed by atoms with Crippen LogP contribution in [0.25, 0.3) is 0 Å². The molecule has 0 aliphatic carbocycles. The topological polar surface area (TPSA) is 82.0 Å². The zero-order chi connectivity index (χ0) is 22.5. The van der Waals surface area contributed by atoms with Crippen LogP contribution in [-0.4, -0.2) is 11.8 Å². The molecule has 0 aliphatic rings. The smallest absolute Gasteiger partial charge is 0.258 e. The highest BCUT2D eigenvalue weighted by Crippen LogP contribution is 2.21. The van der Waals surface area contributed by atoms with E-state index in [1.807, 2.05) is 0 Å². The van der Waals surface area contributed by atoms with Gasteiger partial charge in [0.2, 0.25) is 0 Å². The molecule has 0 fully saturated rings. The molecule has 0 bridgehead atoms. The minimum absolute atomic E-state index is 0.0807. The number of amides is 2. The largest absolute Gasteiger partial charge is 0.332 e. The zero-order valence-electron chi connectivity index (χ0n) is 16.2. The van der Waals surface area contributed by atoms with Gasteiger partial charge in [-0.2, -0.15) is 5.26 Å². The van der Waals surface area contributed by atoms with Crippen molar-refractivity contribution < 1.29 is 22.8 Å². The van der Waals surface area contributed by atoms with E-state index in [0.717, 1.165) is 18.2 Å². The summed E-state index contributed by atoms with van der Waals surface area (Å²) in [6.45, 7) is 1.69. The Hall–Kier alpha value is -4.12. The molecule has 2 amide bonds. The first-order valence-electron chi connectivity index (χ1n) is 9.12. The van der Waals surface area contributed by atoms with Crippen molar-refractivity contribution in [1.29, 1.82) is 5.26 Å². The number of anilines is 1. The number of hydrogen-bond acceptors (Lipinski definition) is 3. The van der Waals surface area contributed by atoms with E-state index in [-0.39, 0.29) is 22.4 Å². The van der Waals surface area contributed by atoms with Gasteiger partial charge in [-0.25, -0.2) is 13.2 Å². The number of nitrogens with zero attached hydrogens (tertiary/aromatic N) is 1. The van der Waals surface area contributed by atoms with E-state index in [4.69, 9.17) is 0 Å². The molecule has 0 heterocycles. The van der Waals surface area contributed by atoms with Crippen molar-refractivity contribution in [2.75, 3.05) is 5.32 Å². The first-order valence-corrected chi connectivity index (χ1v) is 9.12. The van der Waals surface area contributed by atoms with Crippen LogP contribution in [0.4, 0.5) is 18.9 Å². The Kier molecular flexibility index (Phi) is 6.36. The minimum atomic E-state index is -1.36. The summed E-state index contributed by atoms with van der Waals surface area (Å²) in [6.07, 6.45) is 0. The van der Waals surface area contributed by atoms with E-state index in [0.29, 0.717) is 11.6 Å². The van der Waals surface area contributed by atoms with Crippen LogP contribution in [0.2, 0.25) is 0 Å². The Morgan fingerprint density at radius 1 is 0.935 bits per heavy atom. The number of carbonyl (C=O) groups is 2. The predicted octanol–water partition coefficient (Wildman–Crippen LogP) is 4.66. The highest BCUT2D eigenvalue weighted by atomic mass is 19.1. The lowest BCUT2D eigenvalue weighted by Crippen LogP contribution is -2.28. The van der Waals surface area contributed by atoms with Gasteiger partial charge < -0.3 is 10.6 Å². The van der Waals surface area contributed by atoms with E-state index >= 15 is 0 Å². The summed E-state index contributed by atoms with van der Waals surface area (Å²) in [5.41, 5.74) is 0.618. The Bertz CT molecular complexity index is 1200. The van der Waals surface area contributed by atoms with Crippen LogP contribution in [-0.2, 0) is 0 Å². The molecule has 0 aliphatic heterocycles. The van der Waals surface area contributed by atoms with Gasteiger partial charge >= 0.3 is 0 Å². The highest BCUT2D eigenvalue weighted by molar-refractivity contribution is 6.05. The van der Waals surface area contributed by atoms with Crippen molar-refractivity contribution in [2.24, 2.45) is 0 Å². The van der Waals surface area contributed by atoms with Crippen LogP contribution in [0.1, 0.15) is 37.9 Å². The van der Waals surface area contributed by atoms with Crippen LogP contribution in [0.5, 0.6) is 0 Å². The number of aryl methyl sites for hydroxylation is 1. The highest BCUT2D eigenvalue weighted by Gasteiger charge is 2.20. The van der Waals surface area contributed by atoms with E-state index in [9.17, 15) is 28.0 Å². The maximum absolute atomic E-state index is 14.0. The molecule has 2 N–H and O–H groups in total. The summed E-state index contributed by atoms with van der Waals surface area (Å²) < 4.78 is 40.9. The summed E-state index contributed by atoms with van der Waals surface area (Å²) in [5, 5.41) is 14.2. The molecule has 3 rings (SSSR count). The monoisotopic (exact) mass is 423 g/mol. The third-order valence-corrected chi connectivity index (χ3v) is 4.54. The average molecular weight is 423 g/mol. The standard InChI is InChI=1S/C23H16F3N3O2/c1-13-6-7-14(10-20(13)28-23(31)17-4-2-3-5-18(17)25)22(30)29-21(12-27)16-9-8-15(24)11-19(16)26/h2-11,21H,1H3,(H,28,31)(H,29,30). The van der Waals surface area contributed by atoms with E-state index in [1.165, 1.54) is 30.3 Å². The Balaban J connectivity index is 1.81. The number of benzene rings is 3. The Morgan fingerprint density at radius 3 is 2.35 bits per heavy atom. The fourth-order valence-corrected chi connectivity index (χ4v) is 2.86. The number of nitriles is 1. The summed E-state index contributed by atoms with van der Waals surface area (Å²) in [5.74, 6) is -3.87. The van der Waals surface area contributed by atoms with Gasteiger partial charge in [0.25, 0.3) is 11.8 Å². The minimum Gasteiger partial charge on any atom is -0.332 e. The second-order valence-corrected chi connectivity index (χ2v) is 6.67. The van der Waals surface area contributed by atoms with Gasteiger partial charge in [-0.15, -0.1) is 0 Å². The van der Waals surface area contributed by atoms with Gasteiger partial charge in [0.1, 0.15) is 23.5 Å². The second-order valence-electron chi connectivity index (χ2n) is 6.67. The molecule has 31 heavy (non-hydrogen) atoms. The molecule has 0 aromatic heterocycles. The molecule has 8 heteroatoms. The molecule has 5 nitrogen and oxygen atoms in total. The third-order valence-electron chi connectivity index (χ3n) is 4.54. The van der Waals surface area contributed by atoms with Gasteiger partial charge in [-0.05, 0) is 42.8 Å². The molecule has 156 valence electrons. The number of halogens is 3. The molecule has 3 aromatic rings. The van der Waals surface area contributed by atoms with Gasteiger partial charge in [0.15, 0.2) is 0 Å². The van der Waals surface area contributed by atoms with Crippen LogP contribution in [0.3, 0.4) is 0 Å². The molecule has 0 spiro atoms. The maximum atomic E-state index is 14.0. The average Bonchev–Trinajstić information content (AvgIpc) is 2.74. The maximum Gasteiger partial charge on any atom is 0.258 e. The van der Waals surface area contributed by atoms with Crippen LogP contribution < -0.4 is 10.6 Å². The van der Waals surface area contributed by atoms with Gasteiger partial charge in [0.05, 0.1) is 11.6 Å². The zero-order valence-corrected chi connectivity index (χ0v) is 16.2. The normalized spacial score (nSPS) is 11.3. The summed E-state index contributed by atoms with van der Waals surface area (Å²) in [4.78, 5) is 25.0. The molecular formula is C23H16F3N3O2. The van der Waals surface area contributed by atoms with Crippen molar-refractivity contribution in [3.8, 4) is 6.07 Å². The lowest BCUT2D eigenvalue weighted by atomic mass is 10.1. The summed E-state index contributed by atoms with van der Waals surface area (Å²) in [6, 6.07) is 12.9. The number of nitrogens with one attached hydrogen (secondary N) is 2. The third kappa shape index (κ3) is 4.90. The fourth-order valence-electron chi connectivity index (χ4n) is 2.86. The number of hydrogen-bond donors (Lipinski definition) is 2. The van der Waals surface area contributed by atoms with Crippen LogP contribution in [0, 0.1) is 35.7 Å². The summed E-state index contributed by atoms with van der Waals surface area (Å²) in [7, 11) is 0. The molecule has 1 unspecified atom stereocenters. The molecule has 1 atom stereocenters. The van der Waals surface area contributed by atoms with Crippen molar-refractivity contribution in [1.82, 2.24) is 5.32 Å². The van der Waals surface area contributed by atoms with Crippen molar-refractivity contribution in [3.05, 3.63) is 100 Å². The molecule has 0 radical (unpaired) electrons. The number of carbonyl (C=O) groups excluding carboxylic acids is 2.